The summed E-state index contributed by atoms with van der Waals surface area (Å²) >= 11 is 0. The number of hydrogen-bond donors (Lipinski definition) is 4. The molecule has 1 atom stereocenters. The third-order valence-electron chi connectivity index (χ3n) is 4.56. The molecule has 5 N–H and O–H groups in total. The van der Waals surface area contributed by atoms with Gasteiger partial charge in [0.1, 0.15) is 24.3 Å². The van der Waals surface area contributed by atoms with Crippen molar-refractivity contribution in [2.75, 3.05) is 35.7 Å². The average Bonchev–Trinajstić information content (AvgIpc) is 3.50. The van der Waals surface area contributed by atoms with Crippen LogP contribution in [-0.4, -0.2) is 47.8 Å². The molecule has 2 aliphatic rings. The third-order valence-corrected chi connectivity index (χ3v) is 4.56. The van der Waals surface area contributed by atoms with Crippen LogP contribution >= 0.6 is 0 Å². The highest BCUT2D eigenvalue weighted by atomic mass is 16.5. The predicted molar refractivity (Wildman–Crippen MR) is 106 cm³/mol. The summed E-state index contributed by atoms with van der Waals surface area (Å²) in [6, 6.07) is 6.05. The third kappa shape index (κ3) is 4.25. The molecule has 4 rings (SSSR count). The first kappa shape index (κ1) is 18.3. The van der Waals surface area contributed by atoms with Crippen molar-refractivity contribution in [2.45, 2.75) is 31.9 Å². The molecule has 0 saturated heterocycles. The minimum absolute atomic E-state index is 0.00884. The van der Waals surface area contributed by atoms with Crippen LogP contribution in [0.4, 0.5) is 23.1 Å². The van der Waals surface area contributed by atoms with Crippen molar-refractivity contribution in [1.82, 2.24) is 9.97 Å². The van der Waals surface area contributed by atoms with Crippen LogP contribution in [0.1, 0.15) is 30.1 Å². The Kier molecular flexibility index (Phi) is 5.16. The Bertz CT molecular complexity index is 871. The number of nitrogens with one attached hydrogen (secondary N) is 3. The van der Waals surface area contributed by atoms with Crippen molar-refractivity contribution >= 4 is 29.0 Å². The number of ether oxygens (including phenoxy) is 2. The van der Waals surface area contributed by atoms with Crippen LogP contribution in [0.2, 0.25) is 0 Å². The largest absolute Gasteiger partial charge is 0.489 e. The smallest absolute Gasteiger partial charge is 0.254 e. The van der Waals surface area contributed by atoms with Crippen LogP contribution in [0.5, 0.6) is 5.75 Å². The molecule has 1 fully saturated rings. The molecule has 0 bridgehead atoms. The van der Waals surface area contributed by atoms with Crippen LogP contribution in [0, 0.1) is 0 Å². The Labute approximate surface area is 163 Å². The van der Waals surface area contributed by atoms with E-state index in [4.69, 9.17) is 15.2 Å². The second-order valence-electron chi connectivity index (χ2n) is 6.84. The fourth-order valence-corrected chi connectivity index (χ4v) is 2.96. The van der Waals surface area contributed by atoms with E-state index in [1.54, 1.807) is 0 Å². The summed E-state index contributed by atoms with van der Waals surface area (Å²) < 4.78 is 11.5. The maximum absolute atomic E-state index is 11.6. The normalized spacial score (nSPS) is 18.2. The van der Waals surface area contributed by atoms with E-state index in [0.29, 0.717) is 37.6 Å². The van der Waals surface area contributed by atoms with Gasteiger partial charge in [0.15, 0.2) is 0 Å². The zero-order chi connectivity index (χ0) is 19.5. The summed E-state index contributed by atoms with van der Waals surface area (Å²) in [4.78, 5) is 20.3. The SMILES string of the molecule is CCO[C@@H]1CNc2cc(Nc3ncc(C(N)=O)c(NC4CC4)n3)ccc2OC1. The molecule has 0 spiro atoms. The van der Waals surface area contributed by atoms with E-state index >= 15 is 0 Å². The van der Waals surface area contributed by atoms with E-state index in [-0.39, 0.29) is 11.7 Å². The first-order chi connectivity index (χ1) is 13.6. The summed E-state index contributed by atoms with van der Waals surface area (Å²) in [6.07, 6.45) is 3.57. The van der Waals surface area contributed by atoms with Gasteiger partial charge >= 0.3 is 0 Å². The number of amides is 1. The van der Waals surface area contributed by atoms with Crippen molar-refractivity contribution < 1.29 is 14.3 Å². The molecule has 2 heterocycles. The van der Waals surface area contributed by atoms with Crippen LogP contribution in [0.3, 0.4) is 0 Å². The lowest BCUT2D eigenvalue weighted by Gasteiger charge is -2.13. The lowest BCUT2D eigenvalue weighted by molar-refractivity contribution is 0.0393. The van der Waals surface area contributed by atoms with Gasteiger partial charge in [-0.25, -0.2) is 4.98 Å². The summed E-state index contributed by atoms with van der Waals surface area (Å²) in [6.45, 7) is 3.79. The molecular weight excluding hydrogens is 360 g/mol. The lowest BCUT2D eigenvalue weighted by Crippen LogP contribution is -2.27. The van der Waals surface area contributed by atoms with Crippen molar-refractivity contribution in [3.8, 4) is 5.75 Å². The summed E-state index contributed by atoms with van der Waals surface area (Å²) in [5.74, 6) is 1.07. The van der Waals surface area contributed by atoms with E-state index in [1.165, 1.54) is 6.20 Å². The number of rotatable bonds is 7. The van der Waals surface area contributed by atoms with E-state index in [9.17, 15) is 4.79 Å². The molecule has 9 nitrogen and oxygen atoms in total. The van der Waals surface area contributed by atoms with Crippen LogP contribution < -0.4 is 26.4 Å². The molecule has 148 valence electrons. The minimum atomic E-state index is -0.551. The Morgan fingerprint density at radius 3 is 3.04 bits per heavy atom. The highest BCUT2D eigenvalue weighted by Crippen LogP contribution is 2.31. The highest BCUT2D eigenvalue weighted by molar-refractivity contribution is 5.97. The number of primary amides is 1. The standard InChI is InChI=1S/C19H24N6O3/c1-2-27-13-8-21-15-7-12(5-6-16(15)28-10-13)24-19-22-9-14(17(20)26)18(25-19)23-11-3-4-11/h5-7,9,11,13,21H,2-4,8,10H2,1H3,(H2,20,26)(H2,22,23,24,25)/t13-/m1/s1. The first-order valence-corrected chi connectivity index (χ1v) is 9.45. The Morgan fingerprint density at radius 2 is 2.29 bits per heavy atom. The van der Waals surface area contributed by atoms with Gasteiger partial charge in [-0.05, 0) is 38.0 Å². The number of carbonyl (C=O) groups is 1. The molecule has 0 unspecified atom stereocenters. The molecule has 28 heavy (non-hydrogen) atoms. The number of aromatic nitrogens is 2. The second-order valence-corrected chi connectivity index (χ2v) is 6.84. The van der Waals surface area contributed by atoms with Crippen molar-refractivity contribution in [1.29, 1.82) is 0 Å². The monoisotopic (exact) mass is 384 g/mol. The van der Waals surface area contributed by atoms with Gasteiger partial charge < -0.3 is 31.2 Å². The number of benzene rings is 1. The quantitative estimate of drug-likeness (QED) is 0.572. The molecule has 1 aliphatic carbocycles. The Balaban J connectivity index is 1.51. The number of hydrogen-bond acceptors (Lipinski definition) is 8. The fraction of sp³-hybridized carbons (Fsp3) is 0.421. The molecule has 1 aliphatic heterocycles. The summed E-state index contributed by atoms with van der Waals surface area (Å²) in [5.41, 5.74) is 7.39. The number of carbonyl (C=O) groups excluding carboxylic acids is 1. The van der Waals surface area contributed by atoms with Gasteiger partial charge in [-0.1, -0.05) is 0 Å². The number of nitrogens with zero attached hydrogens (tertiary/aromatic N) is 2. The van der Waals surface area contributed by atoms with E-state index < -0.39 is 5.91 Å². The second kappa shape index (κ2) is 7.89. The van der Waals surface area contributed by atoms with Crippen molar-refractivity contribution in [3.63, 3.8) is 0 Å². The summed E-state index contributed by atoms with van der Waals surface area (Å²) in [7, 11) is 0. The molecule has 1 amide bonds. The topological polar surface area (TPSA) is 123 Å². The lowest BCUT2D eigenvalue weighted by atomic mass is 10.2. The van der Waals surface area contributed by atoms with E-state index in [1.807, 2.05) is 25.1 Å². The summed E-state index contributed by atoms with van der Waals surface area (Å²) in [5, 5.41) is 9.75. The van der Waals surface area contributed by atoms with Crippen molar-refractivity contribution in [2.24, 2.45) is 5.73 Å². The van der Waals surface area contributed by atoms with E-state index in [2.05, 4.69) is 25.9 Å². The Morgan fingerprint density at radius 1 is 1.43 bits per heavy atom. The molecule has 0 radical (unpaired) electrons. The molecule has 1 saturated carbocycles. The minimum Gasteiger partial charge on any atom is -0.489 e. The van der Waals surface area contributed by atoms with Gasteiger partial charge in [0.05, 0.1) is 11.3 Å². The Hall–Kier alpha value is -3.07. The molecule has 2 aromatic rings. The molecule has 9 heteroatoms. The highest BCUT2D eigenvalue weighted by Gasteiger charge is 2.24. The number of nitrogens with two attached hydrogens (primary N) is 1. The van der Waals surface area contributed by atoms with Crippen LogP contribution in [-0.2, 0) is 4.74 Å². The van der Waals surface area contributed by atoms with Gasteiger partial charge in [-0.15, -0.1) is 0 Å². The first-order valence-electron chi connectivity index (χ1n) is 9.45. The maximum atomic E-state index is 11.6. The molecule has 1 aromatic heterocycles. The van der Waals surface area contributed by atoms with E-state index in [0.717, 1.165) is 30.0 Å². The molecular formula is C19H24N6O3. The number of anilines is 4. The van der Waals surface area contributed by atoms with Crippen molar-refractivity contribution in [3.05, 3.63) is 30.0 Å². The van der Waals surface area contributed by atoms with Gasteiger partial charge in [-0.3, -0.25) is 4.79 Å². The maximum Gasteiger partial charge on any atom is 0.254 e. The van der Waals surface area contributed by atoms with Gasteiger partial charge in [0.2, 0.25) is 5.95 Å². The fourth-order valence-electron chi connectivity index (χ4n) is 2.96. The van der Waals surface area contributed by atoms with Crippen LogP contribution in [0.25, 0.3) is 0 Å². The van der Waals surface area contributed by atoms with Gasteiger partial charge in [0.25, 0.3) is 5.91 Å². The predicted octanol–water partition coefficient (Wildman–Crippen LogP) is 2.10. The van der Waals surface area contributed by atoms with Gasteiger partial charge in [-0.2, -0.15) is 4.98 Å². The zero-order valence-electron chi connectivity index (χ0n) is 15.7. The van der Waals surface area contributed by atoms with Crippen LogP contribution in [0.15, 0.2) is 24.4 Å². The zero-order valence-corrected chi connectivity index (χ0v) is 15.7. The molecule has 1 aromatic carbocycles. The van der Waals surface area contributed by atoms with Gasteiger partial charge in [0, 0.05) is 31.1 Å². The average molecular weight is 384 g/mol. The number of fused-ring (bicyclic) bond motifs is 1.